The van der Waals surface area contributed by atoms with Crippen LogP contribution in [0.25, 0.3) is 0 Å². The third-order valence-corrected chi connectivity index (χ3v) is 3.33. The number of likely N-dealkylation sites (tertiary alicyclic amines) is 1. The molecule has 0 saturated carbocycles. The number of carbonyl (C=O) groups excluding carboxylic acids is 1. The van der Waals surface area contributed by atoms with Crippen molar-refractivity contribution < 1.29 is 9.53 Å². The smallest absolute Gasteiger partial charge is 0.222 e. The van der Waals surface area contributed by atoms with Crippen LogP contribution in [0.5, 0.6) is 5.88 Å². The molecule has 2 heterocycles. The number of methoxy groups -OCH3 is 1. The van der Waals surface area contributed by atoms with Gasteiger partial charge in [0.05, 0.1) is 7.11 Å². The maximum absolute atomic E-state index is 11.5. The molecular formula is C14H21N3O2. The van der Waals surface area contributed by atoms with Gasteiger partial charge in [0.25, 0.3) is 0 Å². The van der Waals surface area contributed by atoms with Crippen LogP contribution in [0, 0.1) is 0 Å². The number of hydrogen-bond donors (Lipinski definition) is 1. The Kier molecular flexibility index (Phi) is 4.74. The molecule has 5 heteroatoms. The average Bonchev–Trinajstić information content (AvgIpc) is 2.82. The first-order valence-electron chi connectivity index (χ1n) is 6.69. The van der Waals surface area contributed by atoms with Crippen molar-refractivity contribution in [3.05, 3.63) is 23.9 Å². The maximum Gasteiger partial charge on any atom is 0.222 e. The molecule has 104 valence electrons. The van der Waals surface area contributed by atoms with E-state index in [1.807, 2.05) is 17.0 Å². The summed E-state index contributed by atoms with van der Waals surface area (Å²) in [6.45, 7) is 4.53. The summed E-state index contributed by atoms with van der Waals surface area (Å²) in [5.41, 5.74) is 1.11. The van der Waals surface area contributed by atoms with Gasteiger partial charge in [-0.1, -0.05) is 6.07 Å². The predicted octanol–water partition coefficient (Wildman–Crippen LogP) is 1.19. The van der Waals surface area contributed by atoms with Gasteiger partial charge in [-0.25, -0.2) is 4.98 Å². The average molecular weight is 263 g/mol. The predicted molar refractivity (Wildman–Crippen MR) is 72.9 cm³/mol. The molecule has 1 unspecified atom stereocenters. The highest BCUT2D eigenvalue weighted by Gasteiger charge is 2.21. The van der Waals surface area contributed by atoms with Gasteiger partial charge < -0.3 is 15.0 Å². The van der Waals surface area contributed by atoms with Crippen LogP contribution in [0.2, 0.25) is 0 Å². The molecule has 0 radical (unpaired) electrons. The van der Waals surface area contributed by atoms with E-state index in [0.29, 0.717) is 12.3 Å². The fourth-order valence-electron chi connectivity index (χ4n) is 2.22. The Morgan fingerprint density at radius 2 is 2.37 bits per heavy atom. The van der Waals surface area contributed by atoms with Crippen LogP contribution >= 0.6 is 0 Å². The Labute approximate surface area is 114 Å². The Morgan fingerprint density at radius 1 is 1.53 bits per heavy atom. The zero-order valence-electron chi connectivity index (χ0n) is 11.6. The minimum atomic E-state index is 0.278. The number of ether oxygens (including phenoxy) is 1. The zero-order chi connectivity index (χ0) is 13.7. The van der Waals surface area contributed by atoms with Crippen molar-refractivity contribution in [2.24, 2.45) is 0 Å². The van der Waals surface area contributed by atoms with Gasteiger partial charge >= 0.3 is 0 Å². The van der Waals surface area contributed by atoms with E-state index in [9.17, 15) is 4.79 Å². The molecule has 1 aromatic rings. The van der Waals surface area contributed by atoms with E-state index in [-0.39, 0.29) is 11.9 Å². The molecule has 5 nitrogen and oxygen atoms in total. The molecule has 1 N–H and O–H groups in total. The first kappa shape index (κ1) is 13.8. The summed E-state index contributed by atoms with van der Waals surface area (Å²) in [5, 5.41) is 3.41. The first-order chi connectivity index (χ1) is 9.19. The molecule has 2 rings (SSSR count). The minimum Gasteiger partial charge on any atom is -0.481 e. The second kappa shape index (κ2) is 6.52. The number of carbonyl (C=O) groups is 1. The standard InChI is InChI=1S/C14H21N3O2/c1-11(10-17-7-3-4-14(17)18)15-8-12-5-6-13(19-2)16-9-12/h5-6,9,11,15H,3-4,7-8,10H2,1-2H3. The number of amides is 1. The Morgan fingerprint density at radius 3 is 2.95 bits per heavy atom. The van der Waals surface area contributed by atoms with Crippen LogP contribution in [0.1, 0.15) is 25.3 Å². The topological polar surface area (TPSA) is 54.5 Å². The van der Waals surface area contributed by atoms with Crippen LogP contribution in [0.3, 0.4) is 0 Å². The number of aromatic nitrogens is 1. The second-order valence-corrected chi connectivity index (χ2v) is 4.93. The van der Waals surface area contributed by atoms with Crippen LogP contribution in [0.15, 0.2) is 18.3 Å². The molecular weight excluding hydrogens is 242 g/mol. The summed E-state index contributed by atoms with van der Waals surface area (Å²) in [5.74, 6) is 0.902. The van der Waals surface area contributed by atoms with E-state index in [4.69, 9.17) is 4.74 Å². The van der Waals surface area contributed by atoms with Crippen molar-refractivity contribution in [1.29, 1.82) is 0 Å². The zero-order valence-corrected chi connectivity index (χ0v) is 11.6. The number of rotatable bonds is 6. The Balaban J connectivity index is 1.76. The van der Waals surface area contributed by atoms with Crippen LogP contribution in [-0.2, 0) is 11.3 Å². The van der Waals surface area contributed by atoms with Gasteiger partial charge in [-0.05, 0) is 18.9 Å². The fourth-order valence-corrected chi connectivity index (χ4v) is 2.22. The lowest BCUT2D eigenvalue weighted by atomic mass is 10.2. The van der Waals surface area contributed by atoms with E-state index in [1.165, 1.54) is 0 Å². The number of nitrogens with one attached hydrogen (secondary N) is 1. The highest BCUT2D eigenvalue weighted by molar-refractivity contribution is 5.78. The van der Waals surface area contributed by atoms with E-state index in [2.05, 4.69) is 17.2 Å². The molecule has 0 aromatic carbocycles. The molecule has 1 fully saturated rings. The monoisotopic (exact) mass is 263 g/mol. The second-order valence-electron chi connectivity index (χ2n) is 4.93. The van der Waals surface area contributed by atoms with Crippen molar-refractivity contribution in [2.75, 3.05) is 20.2 Å². The lowest BCUT2D eigenvalue weighted by Gasteiger charge is -2.21. The first-order valence-corrected chi connectivity index (χ1v) is 6.69. The summed E-state index contributed by atoms with van der Waals surface area (Å²) in [4.78, 5) is 17.6. The lowest BCUT2D eigenvalue weighted by Crippen LogP contribution is -2.39. The van der Waals surface area contributed by atoms with Crippen LogP contribution in [0.4, 0.5) is 0 Å². The van der Waals surface area contributed by atoms with Crippen molar-refractivity contribution in [3.63, 3.8) is 0 Å². The number of hydrogen-bond acceptors (Lipinski definition) is 4. The molecule has 1 atom stereocenters. The highest BCUT2D eigenvalue weighted by atomic mass is 16.5. The van der Waals surface area contributed by atoms with Crippen LogP contribution in [-0.4, -0.2) is 42.0 Å². The summed E-state index contributed by atoms with van der Waals surface area (Å²) in [6.07, 6.45) is 3.50. The molecule has 1 saturated heterocycles. The summed E-state index contributed by atoms with van der Waals surface area (Å²) >= 11 is 0. The van der Waals surface area contributed by atoms with Gasteiger partial charge in [0.1, 0.15) is 0 Å². The van der Waals surface area contributed by atoms with Crippen molar-refractivity contribution >= 4 is 5.91 Å². The van der Waals surface area contributed by atoms with E-state index < -0.39 is 0 Å². The summed E-state index contributed by atoms with van der Waals surface area (Å²) in [6, 6.07) is 4.13. The van der Waals surface area contributed by atoms with E-state index >= 15 is 0 Å². The normalized spacial score (nSPS) is 16.7. The molecule has 1 aliphatic heterocycles. The number of nitrogens with zero attached hydrogens (tertiary/aromatic N) is 2. The van der Waals surface area contributed by atoms with E-state index in [1.54, 1.807) is 13.3 Å². The van der Waals surface area contributed by atoms with Gasteiger partial charge in [0, 0.05) is 44.4 Å². The van der Waals surface area contributed by atoms with Gasteiger partial charge in [-0.3, -0.25) is 4.79 Å². The highest BCUT2D eigenvalue weighted by Crippen LogP contribution is 2.10. The molecule has 0 bridgehead atoms. The van der Waals surface area contributed by atoms with Gasteiger partial charge in [-0.2, -0.15) is 0 Å². The quantitative estimate of drug-likeness (QED) is 0.837. The largest absolute Gasteiger partial charge is 0.481 e. The summed E-state index contributed by atoms with van der Waals surface area (Å²) < 4.78 is 5.02. The Hall–Kier alpha value is -1.62. The molecule has 0 spiro atoms. The SMILES string of the molecule is COc1ccc(CNC(C)CN2CCCC2=O)cn1. The molecule has 19 heavy (non-hydrogen) atoms. The van der Waals surface area contributed by atoms with Crippen molar-refractivity contribution in [3.8, 4) is 5.88 Å². The lowest BCUT2D eigenvalue weighted by molar-refractivity contribution is -0.127. The van der Waals surface area contributed by atoms with Gasteiger partial charge in [0.2, 0.25) is 11.8 Å². The van der Waals surface area contributed by atoms with E-state index in [0.717, 1.165) is 31.6 Å². The number of pyridine rings is 1. The van der Waals surface area contributed by atoms with Crippen molar-refractivity contribution in [1.82, 2.24) is 15.2 Å². The summed E-state index contributed by atoms with van der Waals surface area (Å²) in [7, 11) is 1.61. The van der Waals surface area contributed by atoms with Crippen LogP contribution < -0.4 is 10.1 Å². The fraction of sp³-hybridized carbons (Fsp3) is 0.571. The third-order valence-electron chi connectivity index (χ3n) is 3.33. The van der Waals surface area contributed by atoms with Gasteiger partial charge in [-0.15, -0.1) is 0 Å². The molecule has 1 aliphatic rings. The molecule has 1 aromatic heterocycles. The molecule has 1 amide bonds. The van der Waals surface area contributed by atoms with Crippen molar-refractivity contribution in [2.45, 2.75) is 32.4 Å². The Bertz CT molecular complexity index is 419. The maximum atomic E-state index is 11.5. The third kappa shape index (κ3) is 3.92. The van der Waals surface area contributed by atoms with Gasteiger partial charge in [0.15, 0.2) is 0 Å². The minimum absolute atomic E-state index is 0.278. The molecule has 0 aliphatic carbocycles.